The van der Waals surface area contributed by atoms with Crippen molar-refractivity contribution in [3.63, 3.8) is 0 Å². The first-order chi connectivity index (χ1) is 20.8. The number of imidazole rings is 1. The molecule has 0 aliphatic rings. The summed E-state index contributed by atoms with van der Waals surface area (Å²) in [6.07, 6.45) is 1.87. The number of nitrogens with one attached hydrogen (secondary N) is 1. The van der Waals surface area contributed by atoms with E-state index < -0.39 is 11.7 Å². The molecule has 0 fully saturated rings. The highest BCUT2D eigenvalue weighted by Crippen LogP contribution is 2.27. The number of hydrogen-bond donors (Lipinski definition) is 1. The van der Waals surface area contributed by atoms with Gasteiger partial charge in [-0.15, -0.1) is 0 Å². The van der Waals surface area contributed by atoms with Crippen LogP contribution in [0.25, 0.3) is 16.9 Å². The van der Waals surface area contributed by atoms with E-state index in [1.807, 2.05) is 77.5 Å². The fourth-order valence-electron chi connectivity index (χ4n) is 4.70. The van der Waals surface area contributed by atoms with Gasteiger partial charge in [0.05, 0.1) is 12.8 Å². The van der Waals surface area contributed by atoms with Gasteiger partial charge >= 0.3 is 0 Å². The SMILES string of the molecule is COc1ccc(-c2cn(-c3ccc(C(C)C)cc3)c(NC(=O)CN(Cc3ccccc3)C(=O)c3ccc(F)cc3)n2)cc1. The highest BCUT2D eigenvalue weighted by Gasteiger charge is 2.22. The van der Waals surface area contributed by atoms with Crippen LogP contribution < -0.4 is 10.1 Å². The smallest absolute Gasteiger partial charge is 0.254 e. The first-order valence-electron chi connectivity index (χ1n) is 14.0. The van der Waals surface area contributed by atoms with Gasteiger partial charge in [-0.25, -0.2) is 9.37 Å². The molecular weight excluding hydrogens is 543 g/mol. The van der Waals surface area contributed by atoms with Gasteiger partial charge in [-0.3, -0.25) is 19.5 Å². The van der Waals surface area contributed by atoms with E-state index in [4.69, 9.17) is 9.72 Å². The topological polar surface area (TPSA) is 76.5 Å². The van der Waals surface area contributed by atoms with Crippen molar-refractivity contribution in [2.45, 2.75) is 26.3 Å². The fourth-order valence-corrected chi connectivity index (χ4v) is 4.70. The number of aromatic nitrogens is 2. The second-order valence-electron chi connectivity index (χ2n) is 10.5. The summed E-state index contributed by atoms with van der Waals surface area (Å²) >= 11 is 0. The molecule has 218 valence electrons. The van der Waals surface area contributed by atoms with Crippen molar-refractivity contribution in [3.8, 4) is 22.7 Å². The predicted molar refractivity (Wildman–Crippen MR) is 166 cm³/mol. The average Bonchev–Trinajstić information content (AvgIpc) is 3.44. The Morgan fingerprint density at radius 3 is 2.21 bits per heavy atom. The van der Waals surface area contributed by atoms with Crippen molar-refractivity contribution in [1.29, 1.82) is 0 Å². The summed E-state index contributed by atoms with van der Waals surface area (Å²) in [5.74, 6) is 0.182. The van der Waals surface area contributed by atoms with Crippen LogP contribution in [0.2, 0.25) is 0 Å². The first-order valence-corrected chi connectivity index (χ1v) is 14.0. The minimum atomic E-state index is -0.440. The quantitative estimate of drug-likeness (QED) is 0.193. The number of halogens is 1. The molecule has 8 heteroatoms. The van der Waals surface area contributed by atoms with Crippen molar-refractivity contribution < 1.29 is 18.7 Å². The number of nitrogens with zero attached hydrogens (tertiary/aromatic N) is 3. The zero-order valence-corrected chi connectivity index (χ0v) is 24.3. The Balaban J connectivity index is 1.44. The molecule has 0 saturated heterocycles. The van der Waals surface area contributed by atoms with Gasteiger partial charge in [0.25, 0.3) is 5.91 Å². The molecule has 5 rings (SSSR count). The van der Waals surface area contributed by atoms with Crippen LogP contribution in [-0.4, -0.2) is 39.9 Å². The molecule has 0 aliphatic heterocycles. The number of hydrogen-bond acceptors (Lipinski definition) is 4. The maximum Gasteiger partial charge on any atom is 0.254 e. The van der Waals surface area contributed by atoms with Gasteiger partial charge in [-0.2, -0.15) is 0 Å². The fraction of sp³-hybridized carbons (Fsp3) is 0.171. The van der Waals surface area contributed by atoms with E-state index in [1.54, 1.807) is 7.11 Å². The van der Waals surface area contributed by atoms with Crippen molar-refractivity contribution in [3.05, 3.63) is 132 Å². The third kappa shape index (κ3) is 7.16. The monoisotopic (exact) mass is 576 g/mol. The van der Waals surface area contributed by atoms with Gasteiger partial charge in [0.1, 0.15) is 18.1 Å². The van der Waals surface area contributed by atoms with Crippen LogP contribution in [0.15, 0.2) is 109 Å². The Labute approximate surface area is 250 Å². The van der Waals surface area contributed by atoms with Crippen molar-refractivity contribution in [2.75, 3.05) is 19.0 Å². The zero-order chi connectivity index (χ0) is 30.3. The maximum absolute atomic E-state index is 13.5. The molecule has 0 bridgehead atoms. The molecule has 0 spiro atoms. The Morgan fingerprint density at radius 2 is 1.58 bits per heavy atom. The van der Waals surface area contributed by atoms with E-state index in [0.29, 0.717) is 23.1 Å². The first kappa shape index (κ1) is 29.3. The van der Waals surface area contributed by atoms with Crippen molar-refractivity contribution in [2.24, 2.45) is 0 Å². The molecule has 1 N–H and O–H groups in total. The number of carbonyl (C=O) groups is 2. The number of benzene rings is 4. The van der Waals surface area contributed by atoms with E-state index in [2.05, 4.69) is 31.3 Å². The Morgan fingerprint density at radius 1 is 0.907 bits per heavy atom. The summed E-state index contributed by atoms with van der Waals surface area (Å²) in [7, 11) is 1.61. The molecule has 0 aliphatic carbocycles. The molecule has 0 unspecified atom stereocenters. The van der Waals surface area contributed by atoms with Gasteiger partial charge in [-0.1, -0.05) is 56.3 Å². The summed E-state index contributed by atoms with van der Waals surface area (Å²) in [5.41, 5.74) is 4.69. The number of amides is 2. The summed E-state index contributed by atoms with van der Waals surface area (Å²) in [4.78, 5) is 33.2. The molecular formula is C35H33FN4O3. The summed E-state index contributed by atoms with van der Waals surface area (Å²) in [6.45, 7) is 4.23. The van der Waals surface area contributed by atoms with E-state index in [1.165, 1.54) is 34.7 Å². The lowest BCUT2D eigenvalue weighted by molar-refractivity contribution is -0.117. The second kappa shape index (κ2) is 13.2. The highest BCUT2D eigenvalue weighted by molar-refractivity contribution is 5.99. The predicted octanol–water partition coefficient (Wildman–Crippen LogP) is 7.09. The third-order valence-electron chi connectivity index (χ3n) is 7.11. The molecule has 4 aromatic carbocycles. The minimum absolute atomic E-state index is 0.201. The number of rotatable bonds is 10. The van der Waals surface area contributed by atoms with Crippen LogP contribution in [0.1, 0.15) is 41.3 Å². The lowest BCUT2D eigenvalue weighted by Crippen LogP contribution is -2.38. The normalized spacial score (nSPS) is 10.9. The van der Waals surface area contributed by atoms with Crippen molar-refractivity contribution >= 4 is 17.8 Å². The zero-order valence-electron chi connectivity index (χ0n) is 24.3. The number of methoxy groups -OCH3 is 1. The Kier molecular flexibility index (Phi) is 8.96. The standard InChI is InChI=1S/C35H33FN4O3/c1-24(2)26-11-17-30(18-12-26)40-22-32(27-13-19-31(43-3)20-14-27)37-35(40)38-33(41)23-39(21-25-7-5-4-6-8-25)34(42)28-9-15-29(36)16-10-28/h4-20,22,24H,21,23H2,1-3H3,(H,37,38,41). The molecule has 0 saturated carbocycles. The average molecular weight is 577 g/mol. The lowest BCUT2D eigenvalue weighted by Gasteiger charge is -2.22. The highest BCUT2D eigenvalue weighted by atomic mass is 19.1. The molecule has 0 atom stereocenters. The number of anilines is 1. The molecule has 43 heavy (non-hydrogen) atoms. The number of ether oxygens (including phenoxy) is 1. The van der Waals surface area contributed by atoms with Crippen LogP contribution in [0.5, 0.6) is 5.75 Å². The third-order valence-corrected chi connectivity index (χ3v) is 7.11. The molecule has 5 aromatic rings. The van der Waals surface area contributed by atoms with E-state index in [9.17, 15) is 14.0 Å². The van der Waals surface area contributed by atoms with Crippen LogP contribution in [-0.2, 0) is 11.3 Å². The Hall–Kier alpha value is -5.24. The van der Waals surface area contributed by atoms with Crippen LogP contribution in [0.4, 0.5) is 10.3 Å². The van der Waals surface area contributed by atoms with Gasteiger partial charge in [0.2, 0.25) is 11.9 Å². The van der Waals surface area contributed by atoms with Crippen LogP contribution in [0, 0.1) is 5.82 Å². The van der Waals surface area contributed by atoms with E-state index >= 15 is 0 Å². The van der Waals surface area contributed by atoms with Crippen LogP contribution >= 0.6 is 0 Å². The van der Waals surface area contributed by atoms with E-state index in [-0.39, 0.29) is 19.0 Å². The van der Waals surface area contributed by atoms with Crippen molar-refractivity contribution in [1.82, 2.24) is 14.5 Å². The minimum Gasteiger partial charge on any atom is -0.497 e. The number of carbonyl (C=O) groups excluding carboxylic acids is 2. The molecule has 1 heterocycles. The largest absolute Gasteiger partial charge is 0.497 e. The summed E-state index contributed by atoms with van der Waals surface area (Å²) in [6, 6.07) is 30.3. The van der Waals surface area contributed by atoms with Gasteiger partial charge in [0.15, 0.2) is 0 Å². The lowest BCUT2D eigenvalue weighted by atomic mass is 10.0. The van der Waals surface area contributed by atoms with E-state index in [0.717, 1.165) is 22.6 Å². The maximum atomic E-state index is 13.5. The molecule has 0 radical (unpaired) electrons. The molecule has 7 nitrogen and oxygen atoms in total. The van der Waals surface area contributed by atoms with Gasteiger partial charge in [0, 0.05) is 29.6 Å². The van der Waals surface area contributed by atoms with Gasteiger partial charge < -0.3 is 9.64 Å². The molecule has 2 amide bonds. The molecule has 1 aromatic heterocycles. The Bertz CT molecular complexity index is 1680. The van der Waals surface area contributed by atoms with Gasteiger partial charge in [-0.05, 0) is 77.7 Å². The van der Waals surface area contributed by atoms with Crippen LogP contribution in [0.3, 0.4) is 0 Å². The second-order valence-corrected chi connectivity index (χ2v) is 10.5. The summed E-state index contributed by atoms with van der Waals surface area (Å²) < 4.78 is 20.7. The summed E-state index contributed by atoms with van der Waals surface area (Å²) in [5, 5.41) is 2.93.